The lowest BCUT2D eigenvalue weighted by atomic mass is 10.1. The molecule has 0 bridgehead atoms. The van der Waals surface area contributed by atoms with E-state index in [2.05, 4.69) is 4.98 Å². The predicted molar refractivity (Wildman–Crippen MR) is 82.8 cm³/mol. The van der Waals surface area contributed by atoms with Gasteiger partial charge in [0, 0.05) is 45.6 Å². The van der Waals surface area contributed by atoms with Crippen LogP contribution in [0.15, 0.2) is 36.7 Å². The molecule has 0 aliphatic carbocycles. The molecule has 0 unspecified atom stereocenters. The molecule has 1 saturated heterocycles. The van der Waals surface area contributed by atoms with Crippen molar-refractivity contribution >= 4 is 11.9 Å². The maximum absolute atomic E-state index is 13.1. The Labute approximate surface area is 137 Å². The van der Waals surface area contributed by atoms with E-state index in [1.165, 1.54) is 23.1 Å². The summed E-state index contributed by atoms with van der Waals surface area (Å²) < 4.78 is 41.1. The molecule has 1 aliphatic heterocycles. The summed E-state index contributed by atoms with van der Waals surface area (Å²) in [7, 11) is 1.87. The van der Waals surface area contributed by atoms with Crippen molar-refractivity contribution in [1.82, 2.24) is 14.5 Å². The number of aryl methyl sites for hydroxylation is 1. The highest BCUT2D eigenvalue weighted by atomic mass is 19.4. The van der Waals surface area contributed by atoms with Crippen molar-refractivity contribution < 1.29 is 18.0 Å². The van der Waals surface area contributed by atoms with Crippen molar-refractivity contribution in [3.63, 3.8) is 0 Å². The second kappa shape index (κ2) is 6.18. The van der Waals surface area contributed by atoms with E-state index < -0.39 is 17.6 Å². The van der Waals surface area contributed by atoms with Crippen LogP contribution in [0.3, 0.4) is 0 Å². The number of anilines is 1. The number of aromatic nitrogens is 2. The van der Waals surface area contributed by atoms with E-state index in [9.17, 15) is 18.0 Å². The maximum atomic E-state index is 13.1. The monoisotopic (exact) mass is 338 g/mol. The first kappa shape index (κ1) is 16.4. The van der Waals surface area contributed by atoms with E-state index in [1.807, 2.05) is 22.7 Å². The Balaban J connectivity index is 1.74. The Morgan fingerprint density at radius 1 is 1.12 bits per heavy atom. The fourth-order valence-corrected chi connectivity index (χ4v) is 2.86. The Bertz CT molecular complexity index is 733. The number of nitrogens with zero attached hydrogens (tertiary/aromatic N) is 4. The first-order valence-corrected chi connectivity index (χ1v) is 7.55. The highest BCUT2D eigenvalue weighted by Gasteiger charge is 2.36. The van der Waals surface area contributed by atoms with Gasteiger partial charge < -0.3 is 14.4 Å². The summed E-state index contributed by atoms with van der Waals surface area (Å²) in [6, 6.07) is 4.92. The zero-order valence-electron chi connectivity index (χ0n) is 13.1. The van der Waals surface area contributed by atoms with Gasteiger partial charge in [0.15, 0.2) is 0 Å². The molecule has 1 aromatic carbocycles. The molecule has 5 nitrogen and oxygen atoms in total. The van der Waals surface area contributed by atoms with Gasteiger partial charge in [0.05, 0.1) is 11.1 Å². The van der Waals surface area contributed by atoms with Crippen LogP contribution in [-0.4, -0.2) is 46.5 Å². The van der Waals surface area contributed by atoms with Gasteiger partial charge >= 0.3 is 6.18 Å². The standard InChI is InChI=1S/C16H17F3N4O/c1-21-7-6-20-15(21)23-10-8-22(9-11-23)14(24)12-4-2-3-5-13(12)16(17,18)19/h2-7H,8-11H2,1H3. The van der Waals surface area contributed by atoms with Crippen LogP contribution in [-0.2, 0) is 13.2 Å². The minimum absolute atomic E-state index is 0.296. The number of piperazine rings is 1. The molecule has 0 radical (unpaired) electrons. The largest absolute Gasteiger partial charge is 0.417 e. The first-order chi connectivity index (χ1) is 11.4. The summed E-state index contributed by atoms with van der Waals surface area (Å²) in [6.07, 6.45) is -1.03. The highest BCUT2D eigenvalue weighted by Crippen LogP contribution is 2.32. The van der Waals surface area contributed by atoms with Gasteiger partial charge in [-0.15, -0.1) is 0 Å². The fourth-order valence-electron chi connectivity index (χ4n) is 2.86. The van der Waals surface area contributed by atoms with Crippen LogP contribution in [0.25, 0.3) is 0 Å². The summed E-state index contributed by atoms with van der Waals surface area (Å²) >= 11 is 0. The summed E-state index contributed by atoms with van der Waals surface area (Å²) in [5, 5.41) is 0. The Morgan fingerprint density at radius 2 is 1.79 bits per heavy atom. The second-order valence-corrected chi connectivity index (χ2v) is 5.66. The molecular weight excluding hydrogens is 321 g/mol. The molecule has 2 aromatic rings. The third-order valence-corrected chi connectivity index (χ3v) is 4.11. The number of benzene rings is 1. The molecule has 24 heavy (non-hydrogen) atoms. The average Bonchev–Trinajstić information content (AvgIpc) is 2.99. The zero-order valence-corrected chi connectivity index (χ0v) is 13.1. The van der Waals surface area contributed by atoms with Gasteiger partial charge in [-0.1, -0.05) is 12.1 Å². The number of imidazole rings is 1. The van der Waals surface area contributed by atoms with Gasteiger partial charge in [-0.3, -0.25) is 4.79 Å². The molecule has 0 N–H and O–H groups in total. The SMILES string of the molecule is Cn1ccnc1N1CCN(C(=O)c2ccccc2C(F)(F)F)CC1. The van der Waals surface area contributed by atoms with Crippen LogP contribution in [0, 0.1) is 0 Å². The molecule has 2 heterocycles. The summed E-state index contributed by atoms with van der Waals surface area (Å²) in [4.78, 5) is 20.2. The zero-order chi connectivity index (χ0) is 17.3. The number of carbonyl (C=O) groups excluding carboxylic acids is 1. The number of amides is 1. The van der Waals surface area contributed by atoms with Crippen molar-refractivity contribution in [1.29, 1.82) is 0 Å². The van der Waals surface area contributed by atoms with Crippen LogP contribution in [0.1, 0.15) is 15.9 Å². The van der Waals surface area contributed by atoms with Crippen LogP contribution >= 0.6 is 0 Å². The number of rotatable bonds is 2. The van der Waals surface area contributed by atoms with Crippen molar-refractivity contribution in [2.24, 2.45) is 7.05 Å². The molecule has 0 spiro atoms. The van der Waals surface area contributed by atoms with Crippen molar-refractivity contribution in [3.8, 4) is 0 Å². The third-order valence-electron chi connectivity index (χ3n) is 4.11. The molecule has 1 aliphatic rings. The van der Waals surface area contributed by atoms with Crippen LogP contribution in [0.5, 0.6) is 0 Å². The molecule has 1 aromatic heterocycles. The van der Waals surface area contributed by atoms with E-state index in [1.54, 1.807) is 6.20 Å². The molecule has 128 valence electrons. The van der Waals surface area contributed by atoms with Gasteiger partial charge in [0.2, 0.25) is 5.95 Å². The third kappa shape index (κ3) is 3.08. The van der Waals surface area contributed by atoms with E-state index in [-0.39, 0.29) is 5.56 Å². The van der Waals surface area contributed by atoms with Crippen LogP contribution < -0.4 is 4.90 Å². The lowest BCUT2D eigenvalue weighted by Gasteiger charge is -2.35. The van der Waals surface area contributed by atoms with E-state index >= 15 is 0 Å². The van der Waals surface area contributed by atoms with Gasteiger partial charge in [-0.2, -0.15) is 13.2 Å². The van der Waals surface area contributed by atoms with Gasteiger partial charge in [0.1, 0.15) is 0 Å². The Kier molecular flexibility index (Phi) is 4.21. The number of carbonyl (C=O) groups is 1. The van der Waals surface area contributed by atoms with E-state index in [0.29, 0.717) is 26.2 Å². The quantitative estimate of drug-likeness (QED) is 0.844. The maximum Gasteiger partial charge on any atom is 0.417 e. The normalized spacial score (nSPS) is 15.7. The summed E-state index contributed by atoms with van der Waals surface area (Å²) in [5.41, 5.74) is -1.18. The molecule has 0 saturated carbocycles. The molecule has 1 amide bonds. The number of halogens is 3. The number of hydrogen-bond donors (Lipinski definition) is 0. The topological polar surface area (TPSA) is 41.4 Å². The van der Waals surface area contributed by atoms with Gasteiger partial charge in [0.25, 0.3) is 5.91 Å². The first-order valence-electron chi connectivity index (χ1n) is 7.55. The summed E-state index contributed by atoms with van der Waals surface area (Å²) in [5.74, 6) is 0.209. The van der Waals surface area contributed by atoms with Crippen molar-refractivity contribution in [2.45, 2.75) is 6.18 Å². The molecule has 8 heteroatoms. The lowest BCUT2D eigenvalue weighted by Crippen LogP contribution is -2.49. The molecular formula is C16H17F3N4O. The van der Waals surface area contributed by atoms with Crippen molar-refractivity contribution in [3.05, 3.63) is 47.8 Å². The predicted octanol–water partition coefficient (Wildman–Crippen LogP) is 2.40. The second-order valence-electron chi connectivity index (χ2n) is 5.66. The smallest absolute Gasteiger partial charge is 0.339 e. The van der Waals surface area contributed by atoms with Crippen LogP contribution in [0.4, 0.5) is 19.1 Å². The average molecular weight is 338 g/mol. The molecule has 3 rings (SSSR count). The van der Waals surface area contributed by atoms with E-state index in [0.717, 1.165) is 12.0 Å². The fraction of sp³-hybridized carbons (Fsp3) is 0.375. The van der Waals surface area contributed by atoms with Gasteiger partial charge in [-0.05, 0) is 12.1 Å². The number of alkyl halides is 3. The highest BCUT2D eigenvalue weighted by molar-refractivity contribution is 5.96. The van der Waals surface area contributed by atoms with Crippen LogP contribution in [0.2, 0.25) is 0 Å². The molecule has 1 fully saturated rings. The lowest BCUT2D eigenvalue weighted by molar-refractivity contribution is -0.138. The molecule has 0 atom stereocenters. The Hall–Kier alpha value is -2.51. The Morgan fingerprint density at radius 3 is 2.38 bits per heavy atom. The van der Waals surface area contributed by atoms with E-state index in [4.69, 9.17) is 0 Å². The van der Waals surface area contributed by atoms with Gasteiger partial charge in [-0.25, -0.2) is 4.98 Å². The van der Waals surface area contributed by atoms with Crippen molar-refractivity contribution in [2.75, 3.05) is 31.1 Å². The minimum atomic E-state index is -4.54. The number of hydrogen-bond acceptors (Lipinski definition) is 3. The minimum Gasteiger partial charge on any atom is -0.339 e. The summed E-state index contributed by atoms with van der Waals surface area (Å²) in [6.45, 7) is 1.78.